The molecular formula is C13H15N3O2. The minimum Gasteiger partial charge on any atom is -0.364 e. The normalized spacial score (nSPS) is 10.1. The number of aromatic nitrogens is 1. The molecule has 1 heterocycles. The van der Waals surface area contributed by atoms with Gasteiger partial charge in [0, 0.05) is 18.7 Å². The van der Waals surface area contributed by atoms with Gasteiger partial charge in [-0.25, -0.2) is 4.79 Å². The van der Waals surface area contributed by atoms with Crippen LogP contribution in [0.2, 0.25) is 0 Å². The highest BCUT2D eigenvalue weighted by Crippen LogP contribution is 2.03. The number of carbonyl (C=O) groups is 1. The molecule has 2 amide bonds. The van der Waals surface area contributed by atoms with Crippen molar-refractivity contribution < 1.29 is 9.32 Å². The summed E-state index contributed by atoms with van der Waals surface area (Å²) in [4.78, 5) is 11.5. The minimum atomic E-state index is -0.209. The zero-order valence-corrected chi connectivity index (χ0v) is 10.1. The summed E-state index contributed by atoms with van der Waals surface area (Å²) < 4.78 is 4.79. The Morgan fingerprint density at radius 3 is 2.61 bits per heavy atom. The predicted octanol–water partition coefficient (Wildman–Crippen LogP) is 1.98. The minimum absolute atomic E-state index is 0.209. The van der Waals surface area contributed by atoms with Crippen LogP contribution in [-0.2, 0) is 13.1 Å². The zero-order chi connectivity index (χ0) is 12.8. The van der Waals surface area contributed by atoms with E-state index in [0.29, 0.717) is 13.1 Å². The summed E-state index contributed by atoms with van der Waals surface area (Å²) in [5.74, 6) is 0. The van der Waals surface area contributed by atoms with Crippen molar-refractivity contribution in [3.05, 3.63) is 53.4 Å². The lowest BCUT2D eigenvalue weighted by atomic mass is 10.2. The number of carbonyl (C=O) groups excluding carboxylic acids is 1. The summed E-state index contributed by atoms with van der Waals surface area (Å²) in [5.41, 5.74) is 2.73. The molecule has 0 bridgehead atoms. The largest absolute Gasteiger partial charge is 0.364 e. The summed E-state index contributed by atoms with van der Waals surface area (Å²) in [6, 6.07) is 9.54. The van der Waals surface area contributed by atoms with E-state index in [1.165, 1.54) is 6.26 Å². The Morgan fingerprint density at radius 2 is 1.94 bits per heavy atom. The molecular weight excluding hydrogens is 230 g/mol. The van der Waals surface area contributed by atoms with Gasteiger partial charge in [0.2, 0.25) is 0 Å². The number of benzene rings is 1. The monoisotopic (exact) mass is 245 g/mol. The molecule has 2 rings (SSSR count). The van der Waals surface area contributed by atoms with Crippen LogP contribution in [0.15, 0.2) is 41.1 Å². The van der Waals surface area contributed by atoms with Crippen LogP contribution >= 0.6 is 0 Å². The van der Waals surface area contributed by atoms with Gasteiger partial charge >= 0.3 is 6.03 Å². The number of nitrogens with one attached hydrogen (secondary N) is 2. The maximum Gasteiger partial charge on any atom is 0.315 e. The molecule has 5 nitrogen and oxygen atoms in total. The van der Waals surface area contributed by atoms with E-state index in [1.807, 2.05) is 37.3 Å². The molecule has 5 heteroatoms. The summed E-state index contributed by atoms with van der Waals surface area (Å²) in [7, 11) is 0. The highest BCUT2D eigenvalue weighted by atomic mass is 16.5. The second kappa shape index (κ2) is 5.86. The van der Waals surface area contributed by atoms with Crippen molar-refractivity contribution >= 4 is 6.03 Å². The lowest BCUT2D eigenvalue weighted by Gasteiger charge is -2.06. The molecule has 0 spiro atoms. The van der Waals surface area contributed by atoms with Gasteiger partial charge in [-0.2, -0.15) is 0 Å². The maximum absolute atomic E-state index is 11.5. The highest BCUT2D eigenvalue weighted by Gasteiger charge is 2.05. The number of rotatable bonds is 4. The molecule has 1 aromatic heterocycles. The van der Waals surface area contributed by atoms with Crippen LogP contribution in [0.1, 0.15) is 16.8 Å². The number of hydrogen-bond acceptors (Lipinski definition) is 3. The van der Waals surface area contributed by atoms with E-state index in [4.69, 9.17) is 4.52 Å². The Balaban J connectivity index is 1.75. The molecule has 18 heavy (non-hydrogen) atoms. The third-order valence-corrected chi connectivity index (χ3v) is 2.58. The maximum atomic E-state index is 11.5. The first-order valence-corrected chi connectivity index (χ1v) is 5.71. The van der Waals surface area contributed by atoms with Gasteiger partial charge in [-0.3, -0.25) is 0 Å². The third kappa shape index (κ3) is 3.35. The van der Waals surface area contributed by atoms with E-state index < -0.39 is 0 Å². The predicted molar refractivity (Wildman–Crippen MR) is 66.8 cm³/mol. The fraction of sp³-hybridized carbons (Fsp3) is 0.231. The van der Waals surface area contributed by atoms with Crippen LogP contribution in [0.4, 0.5) is 4.79 Å². The first-order chi connectivity index (χ1) is 8.75. The molecule has 94 valence electrons. The molecule has 0 aliphatic heterocycles. The average Bonchev–Trinajstić information content (AvgIpc) is 2.81. The number of aryl methyl sites for hydroxylation is 1. The van der Waals surface area contributed by atoms with E-state index in [9.17, 15) is 4.79 Å². The zero-order valence-electron chi connectivity index (χ0n) is 10.1. The number of hydrogen-bond donors (Lipinski definition) is 2. The lowest BCUT2D eigenvalue weighted by Crippen LogP contribution is -2.34. The fourth-order valence-corrected chi connectivity index (χ4v) is 1.50. The second-order valence-electron chi connectivity index (χ2n) is 3.95. The Hall–Kier alpha value is -2.30. The van der Waals surface area contributed by atoms with Gasteiger partial charge in [-0.1, -0.05) is 35.5 Å². The molecule has 0 aliphatic rings. The number of urea groups is 1. The van der Waals surface area contributed by atoms with Gasteiger partial charge in [0.05, 0.1) is 5.69 Å². The summed E-state index contributed by atoms with van der Waals surface area (Å²) >= 11 is 0. The molecule has 0 saturated carbocycles. The molecule has 2 N–H and O–H groups in total. The smallest absolute Gasteiger partial charge is 0.315 e. The first-order valence-electron chi connectivity index (χ1n) is 5.71. The van der Waals surface area contributed by atoms with E-state index in [0.717, 1.165) is 16.8 Å². The molecule has 1 aromatic carbocycles. The summed E-state index contributed by atoms with van der Waals surface area (Å²) in [6.07, 6.45) is 1.53. The van der Waals surface area contributed by atoms with Crippen molar-refractivity contribution in [2.24, 2.45) is 0 Å². The molecule has 0 atom stereocenters. The van der Waals surface area contributed by atoms with Gasteiger partial charge in [-0.05, 0) is 12.5 Å². The molecule has 0 aliphatic carbocycles. The van der Waals surface area contributed by atoms with E-state index >= 15 is 0 Å². The standard InChI is InChI=1S/C13H15N3O2/c1-10-12(9-18-16-10)8-15-13(17)14-7-11-5-3-2-4-6-11/h2-6,9H,7-8H2,1H3,(H2,14,15,17). The van der Waals surface area contributed by atoms with Gasteiger partial charge < -0.3 is 15.2 Å². The quantitative estimate of drug-likeness (QED) is 0.865. The van der Waals surface area contributed by atoms with E-state index in [1.54, 1.807) is 0 Å². The Bertz CT molecular complexity index is 508. The van der Waals surface area contributed by atoms with Crippen LogP contribution in [0, 0.1) is 6.92 Å². The van der Waals surface area contributed by atoms with Crippen LogP contribution in [0.3, 0.4) is 0 Å². The Labute approximate surface area is 105 Å². The van der Waals surface area contributed by atoms with Gasteiger partial charge in [-0.15, -0.1) is 0 Å². The molecule has 0 fully saturated rings. The van der Waals surface area contributed by atoms with Crippen molar-refractivity contribution in [1.82, 2.24) is 15.8 Å². The SMILES string of the molecule is Cc1nocc1CNC(=O)NCc1ccccc1. The lowest BCUT2D eigenvalue weighted by molar-refractivity contribution is 0.240. The molecule has 0 radical (unpaired) electrons. The first kappa shape index (κ1) is 12.2. The number of nitrogens with zero attached hydrogens (tertiary/aromatic N) is 1. The third-order valence-electron chi connectivity index (χ3n) is 2.58. The molecule has 0 saturated heterocycles. The molecule has 2 aromatic rings. The van der Waals surface area contributed by atoms with Crippen molar-refractivity contribution in [2.75, 3.05) is 0 Å². The topological polar surface area (TPSA) is 67.2 Å². The van der Waals surface area contributed by atoms with E-state index in [2.05, 4.69) is 15.8 Å². The van der Waals surface area contributed by atoms with Crippen LogP contribution in [0.25, 0.3) is 0 Å². The number of amides is 2. The van der Waals surface area contributed by atoms with Crippen molar-refractivity contribution in [2.45, 2.75) is 20.0 Å². The summed E-state index contributed by atoms with van der Waals surface area (Å²) in [6.45, 7) is 2.76. The van der Waals surface area contributed by atoms with Gasteiger partial charge in [0.25, 0.3) is 0 Å². The molecule has 0 unspecified atom stereocenters. The van der Waals surface area contributed by atoms with Crippen LogP contribution < -0.4 is 10.6 Å². The van der Waals surface area contributed by atoms with E-state index in [-0.39, 0.29) is 6.03 Å². The fourth-order valence-electron chi connectivity index (χ4n) is 1.50. The average molecular weight is 245 g/mol. The highest BCUT2D eigenvalue weighted by molar-refractivity contribution is 5.73. The van der Waals surface area contributed by atoms with Crippen molar-refractivity contribution in [3.63, 3.8) is 0 Å². The Morgan fingerprint density at radius 1 is 1.22 bits per heavy atom. The summed E-state index contributed by atoms with van der Waals surface area (Å²) in [5, 5.41) is 9.27. The Kier molecular flexibility index (Phi) is 3.96. The van der Waals surface area contributed by atoms with Crippen molar-refractivity contribution in [3.8, 4) is 0 Å². The van der Waals surface area contributed by atoms with Crippen molar-refractivity contribution in [1.29, 1.82) is 0 Å². The van der Waals surface area contributed by atoms with Gasteiger partial charge in [0.15, 0.2) is 0 Å². The van der Waals surface area contributed by atoms with Crippen LogP contribution in [-0.4, -0.2) is 11.2 Å². The van der Waals surface area contributed by atoms with Crippen LogP contribution in [0.5, 0.6) is 0 Å². The second-order valence-corrected chi connectivity index (χ2v) is 3.95. The van der Waals surface area contributed by atoms with Gasteiger partial charge in [0.1, 0.15) is 6.26 Å².